The van der Waals surface area contributed by atoms with Crippen molar-refractivity contribution in [2.45, 2.75) is 0 Å². The van der Waals surface area contributed by atoms with E-state index < -0.39 is 0 Å². The minimum absolute atomic E-state index is 0.297. The smallest absolute Gasteiger partial charge is 0.395 e. The van der Waals surface area contributed by atoms with Crippen LogP contribution in [0.1, 0.15) is 0 Å². The lowest BCUT2D eigenvalue weighted by Crippen LogP contribution is -1.79. The Balaban J connectivity index is 3.01. The first-order chi connectivity index (χ1) is 4.86. The topological polar surface area (TPSA) is 43.1 Å². The third-order valence-electron chi connectivity index (χ3n) is 1.11. The molecule has 0 aliphatic carbocycles. The van der Waals surface area contributed by atoms with E-state index in [2.05, 4.69) is 4.98 Å². The summed E-state index contributed by atoms with van der Waals surface area (Å²) in [5.74, 6) is 0. The molecule has 0 bridgehead atoms. The van der Waals surface area contributed by atoms with Crippen LogP contribution in [0.5, 0.6) is 0 Å². The molecule has 3 nitrogen and oxygen atoms in total. The van der Waals surface area contributed by atoms with Crippen LogP contribution >= 0.6 is 11.3 Å². The Labute approximate surface area is 59.9 Å². The Morgan fingerprint density at radius 3 is 3.30 bits per heavy atom. The van der Waals surface area contributed by atoms with Crippen molar-refractivity contribution in [3.63, 3.8) is 0 Å². The molecule has 2 aromatic heterocycles. The zero-order chi connectivity index (χ0) is 6.97. The molecule has 0 spiro atoms. The van der Waals surface area contributed by atoms with E-state index in [-0.39, 0.29) is 4.94 Å². The number of rotatable bonds is 0. The Kier molecular flexibility index (Phi) is 1.07. The highest BCUT2D eigenvalue weighted by Crippen LogP contribution is 2.11. The number of aromatic nitrogens is 1. The van der Waals surface area contributed by atoms with Crippen LogP contribution in [0.2, 0.25) is 0 Å². The maximum atomic E-state index is 10.6. The molecule has 4 heteroatoms. The van der Waals surface area contributed by atoms with Gasteiger partial charge in [-0.15, -0.1) is 0 Å². The zero-order valence-corrected chi connectivity index (χ0v) is 5.72. The summed E-state index contributed by atoms with van der Waals surface area (Å²) in [6, 6.07) is 3.58. The zero-order valence-electron chi connectivity index (χ0n) is 4.90. The molecule has 0 amide bonds. The highest BCUT2D eigenvalue weighted by molar-refractivity contribution is 7.16. The summed E-state index contributed by atoms with van der Waals surface area (Å²) in [6.07, 6.45) is 1.60. The van der Waals surface area contributed by atoms with Gasteiger partial charge in [0.15, 0.2) is 0 Å². The van der Waals surface area contributed by atoms with E-state index in [0.717, 1.165) is 16.0 Å². The predicted octanol–water partition coefficient (Wildman–Crippen LogP) is 1.25. The molecule has 0 radical (unpaired) electrons. The van der Waals surface area contributed by atoms with Crippen molar-refractivity contribution in [3.8, 4) is 0 Å². The number of hydrogen-bond donors (Lipinski definition) is 0. The van der Waals surface area contributed by atoms with Gasteiger partial charge in [0.1, 0.15) is 0 Å². The molecule has 50 valence electrons. The Morgan fingerprint density at radius 1 is 1.60 bits per heavy atom. The van der Waals surface area contributed by atoms with Gasteiger partial charge in [-0.3, -0.25) is 0 Å². The molecule has 0 aliphatic rings. The Hall–Kier alpha value is -1.16. The van der Waals surface area contributed by atoms with Gasteiger partial charge in [0, 0.05) is 6.20 Å². The quantitative estimate of drug-likeness (QED) is 0.572. The number of hydrogen-bond acceptors (Lipinski definition) is 4. The van der Waals surface area contributed by atoms with Crippen LogP contribution in [0.25, 0.3) is 10.4 Å². The molecule has 0 aliphatic heterocycles. The Bertz CT molecular complexity index is 367. The monoisotopic (exact) mass is 153 g/mol. The maximum Gasteiger partial charge on any atom is 0.397 e. The van der Waals surface area contributed by atoms with Crippen molar-refractivity contribution in [2.75, 3.05) is 0 Å². The summed E-state index contributed by atoms with van der Waals surface area (Å²) in [6.45, 7) is 0. The van der Waals surface area contributed by atoms with E-state index in [1.54, 1.807) is 18.3 Å². The van der Waals surface area contributed by atoms with E-state index in [1.165, 1.54) is 0 Å². The fourth-order valence-electron chi connectivity index (χ4n) is 0.720. The number of fused-ring (bicyclic) bond motifs is 1. The van der Waals surface area contributed by atoms with Gasteiger partial charge < -0.3 is 4.42 Å². The van der Waals surface area contributed by atoms with E-state index in [9.17, 15) is 4.79 Å². The fourth-order valence-corrected chi connectivity index (χ4v) is 1.35. The molecule has 2 rings (SSSR count). The number of pyridine rings is 1. The molecular formula is C6H3NO2S. The van der Waals surface area contributed by atoms with Gasteiger partial charge in [0.25, 0.3) is 0 Å². The lowest BCUT2D eigenvalue weighted by atomic mass is 10.5. The normalized spacial score (nSPS) is 10.4. The van der Waals surface area contributed by atoms with Crippen LogP contribution in [-0.2, 0) is 0 Å². The molecular weight excluding hydrogens is 150 g/mol. The van der Waals surface area contributed by atoms with Crippen molar-refractivity contribution >= 4 is 21.8 Å². The molecule has 0 fully saturated rings. The third-order valence-corrected chi connectivity index (χ3v) is 1.89. The van der Waals surface area contributed by atoms with Crippen LogP contribution in [0.3, 0.4) is 0 Å². The second-order valence-corrected chi connectivity index (χ2v) is 2.74. The van der Waals surface area contributed by atoms with Crippen LogP contribution in [0.4, 0.5) is 0 Å². The molecule has 0 saturated carbocycles. The van der Waals surface area contributed by atoms with Gasteiger partial charge in [-0.25, -0.2) is 9.78 Å². The first-order valence-electron chi connectivity index (χ1n) is 2.71. The van der Waals surface area contributed by atoms with Crippen molar-refractivity contribution < 1.29 is 4.42 Å². The average molecular weight is 153 g/mol. The average Bonchev–Trinajstić information content (AvgIpc) is 2.27. The largest absolute Gasteiger partial charge is 0.397 e. The van der Waals surface area contributed by atoms with Crippen molar-refractivity contribution in [1.82, 2.24) is 4.98 Å². The highest BCUT2D eigenvalue weighted by Gasteiger charge is 1.98. The first kappa shape index (κ1) is 5.61. The second-order valence-electron chi connectivity index (χ2n) is 1.76. The van der Waals surface area contributed by atoms with Crippen molar-refractivity contribution in [2.24, 2.45) is 0 Å². The number of nitrogens with zero attached hydrogens (tertiary/aromatic N) is 1. The van der Waals surface area contributed by atoms with Gasteiger partial charge >= 0.3 is 4.94 Å². The minimum Gasteiger partial charge on any atom is -0.395 e. The molecule has 0 N–H and O–H groups in total. The predicted molar refractivity (Wildman–Crippen MR) is 38.2 cm³/mol. The molecule has 10 heavy (non-hydrogen) atoms. The minimum atomic E-state index is -0.297. The first-order valence-corrected chi connectivity index (χ1v) is 3.52. The van der Waals surface area contributed by atoms with Crippen LogP contribution < -0.4 is 4.94 Å². The second kappa shape index (κ2) is 1.91. The van der Waals surface area contributed by atoms with Crippen LogP contribution in [-0.4, -0.2) is 4.98 Å². The van der Waals surface area contributed by atoms with Gasteiger partial charge in [-0.05, 0) is 23.5 Å². The SMILES string of the molecule is O=c1oc2ncccc2s1. The molecule has 2 heterocycles. The summed E-state index contributed by atoms with van der Waals surface area (Å²) < 4.78 is 5.52. The molecule has 0 aromatic carbocycles. The lowest BCUT2D eigenvalue weighted by molar-refractivity contribution is 0.574. The van der Waals surface area contributed by atoms with Gasteiger partial charge in [0.05, 0.1) is 4.70 Å². The van der Waals surface area contributed by atoms with E-state index >= 15 is 0 Å². The van der Waals surface area contributed by atoms with Crippen LogP contribution in [0, 0.1) is 0 Å². The molecule has 0 atom stereocenters. The standard InChI is InChI=1S/C6H3NO2S/c8-6-9-5-4(10-6)2-1-3-7-5/h1-3H. The molecule has 0 unspecified atom stereocenters. The summed E-state index contributed by atoms with van der Waals surface area (Å²) in [5, 5.41) is 0. The van der Waals surface area contributed by atoms with Crippen LogP contribution in [0.15, 0.2) is 27.5 Å². The maximum absolute atomic E-state index is 10.6. The van der Waals surface area contributed by atoms with Gasteiger partial charge in [0.2, 0.25) is 5.71 Å². The Morgan fingerprint density at radius 2 is 2.50 bits per heavy atom. The highest BCUT2D eigenvalue weighted by atomic mass is 32.1. The van der Waals surface area contributed by atoms with E-state index in [4.69, 9.17) is 4.42 Å². The summed E-state index contributed by atoms with van der Waals surface area (Å²) in [7, 11) is 0. The van der Waals surface area contributed by atoms with Crippen molar-refractivity contribution in [1.29, 1.82) is 0 Å². The summed E-state index contributed by atoms with van der Waals surface area (Å²) in [4.78, 5) is 14.1. The summed E-state index contributed by atoms with van der Waals surface area (Å²) in [5.41, 5.74) is 0.428. The van der Waals surface area contributed by atoms with E-state index in [0.29, 0.717) is 5.71 Å². The van der Waals surface area contributed by atoms with Gasteiger partial charge in [-0.1, -0.05) is 0 Å². The van der Waals surface area contributed by atoms with Crippen molar-refractivity contribution in [3.05, 3.63) is 28.1 Å². The van der Waals surface area contributed by atoms with E-state index in [1.807, 2.05) is 0 Å². The molecule has 0 saturated heterocycles. The van der Waals surface area contributed by atoms with Gasteiger partial charge in [-0.2, -0.15) is 0 Å². The lowest BCUT2D eigenvalue weighted by Gasteiger charge is -1.78. The third kappa shape index (κ3) is 0.733. The summed E-state index contributed by atoms with van der Waals surface area (Å²) >= 11 is 1.07. The molecule has 2 aromatic rings. The fraction of sp³-hybridized carbons (Fsp3) is 0.